The van der Waals surface area contributed by atoms with Crippen molar-refractivity contribution in [1.82, 2.24) is 0 Å². The highest BCUT2D eigenvalue weighted by atomic mass is 32.2. The summed E-state index contributed by atoms with van der Waals surface area (Å²) in [6.45, 7) is 2.07. The lowest BCUT2D eigenvalue weighted by molar-refractivity contribution is -0.116. The fraction of sp³-hybridized carbons (Fsp3) is 0.327. The van der Waals surface area contributed by atoms with Crippen LogP contribution in [0.5, 0.6) is 17.2 Å². The van der Waals surface area contributed by atoms with Gasteiger partial charge in [-0.3, -0.25) is 18.6 Å². The van der Waals surface area contributed by atoms with Crippen molar-refractivity contribution < 1.29 is 41.2 Å². The van der Waals surface area contributed by atoms with Gasteiger partial charge >= 0.3 is 0 Å². The molecule has 9 rings (SSSR count). The molecule has 0 bridgehead atoms. The molecule has 0 spiro atoms. The van der Waals surface area contributed by atoms with E-state index in [2.05, 4.69) is 24.0 Å². The number of hydrogen-bond donors (Lipinski definition) is 2. The van der Waals surface area contributed by atoms with Crippen molar-refractivity contribution >= 4 is 57.5 Å². The fourth-order valence-corrected chi connectivity index (χ4v) is 11.0. The van der Waals surface area contributed by atoms with E-state index in [1.54, 1.807) is 30.2 Å². The Morgan fingerprint density at radius 1 is 0.746 bits per heavy atom. The fourth-order valence-electron chi connectivity index (χ4n) is 9.61. The number of ether oxygens (including phenoxy) is 3. The van der Waals surface area contributed by atoms with Gasteiger partial charge in [0.1, 0.15) is 24.2 Å². The Hall–Kier alpha value is -5.83. The highest BCUT2D eigenvalue weighted by Gasteiger charge is 2.47. The van der Waals surface area contributed by atoms with Crippen LogP contribution in [-0.4, -0.2) is 63.4 Å². The van der Waals surface area contributed by atoms with Gasteiger partial charge in [0.25, 0.3) is 21.9 Å². The molecule has 12 nitrogen and oxygen atoms in total. The molecule has 3 amide bonds. The topological polar surface area (TPSA) is 141 Å². The number of nitrogens with one attached hydrogen (secondary N) is 1. The summed E-state index contributed by atoms with van der Waals surface area (Å²) in [5, 5.41) is 2.00. The molecule has 4 aliphatic rings. The second-order valence-corrected chi connectivity index (χ2v) is 19.0. The third-order valence-corrected chi connectivity index (χ3v) is 14.7. The Labute approximate surface area is 373 Å². The third-order valence-electron chi connectivity index (χ3n) is 12.7. The molecule has 63 heavy (non-hydrogen) atoms. The summed E-state index contributed by atoms with van der Waals surface area (Å²) in [6.07, 6.45) is 3.73. The van der Waals surface area contributed by atoms with Crippen molar-refractivity contribution in [1.29, 1.82) is 0 Å². The number of carbonyl (C=O) groups excluding carboxylic acids is 3. The summed E-state index contributed by atoms with van der Waals surface area (Å²) < 4.78 is 50.7. The van der Waals surface area contributed by atoms with E-state index >= 15 is 0 Å². The normalized spacial score (nSPS) is 18.6. The minimum Gasteiger partial charge on any atom is -0.493 e. The SMILES string of the molecule is COc1cc2c(cc1OCc1cc(COc3cc4c(cc3C)C(=O)N3c5ccccc5C[C@H]3C(S(=O)(=O)OC)C4)cc(NC(=O)CCCS)c1)CC[C@@H]1Cc3ccccc3N1C2=O. The first-order valence-electron chi connectivity index (χ1n) is 21.2. The minimum atomic E-state index is -4.05. The molecule has 1 unspecified atom stereocenters. The number of thiol groups is 1. The maximum atomic E-state index is 14.3. The molecular formula is C49H49N3O9S2. The van der Waals surface area contributed by atoms with Gasteiger partial charge in [0, 0.05) is 40.7 Å². The Morgan fingerprint density at radius 3 is 2.08 bits per heavy atom. The van der Waals surface area contributed by atoms with Gasteiger partial charge in [0.2, 0.25) is 5.91 Å². The largest absolute Gasteiger partial charge is 0.493 e. The summed E-state index contributed by atoms with van der Waals surface area (Å²) in [5.41, 5.74) is 9.00. The van der Waals surface area contributed by atoms with Crippen LogP contribution in [-0.2, 0) is 58.0 Å². The van der Waals surface area contributed by atoms with Crippen LogP contribution in [0.2, 0.25) is 0 Å². The Kier molecular flexibility index (Phi) is 11.7. The molecule has 14 heteroatoms. The van der Waals surface area contributed by atoms with Gasteiger partial charge in [-0.1, -0.05) is 36.4 Å². The summed E-state index contributed by atoms with van der Waals surface area (Å²) in [6, 6.07) is 27.9. The Morgan fingerprint density at radius 2 is 1.38 bits per heavy atom. The molecule has 5 aromatic carbocycles. The van der Waals surface area contributed by atoms with Gasteiger partial charge in [-0.15, -0.1) is 0 Å². The van der Waals surface area contributed by atoms with E-state index in [1.165, 1.54) is 5.56 Å². The van der Waals surface area contributed by atoms with Crippen molar-refractivity contribution in [2.24, 2.45) is 0 Å². The van der Waals surface area contributed by atoms with Gasteiger partial charge in [-0.2, -0.15) is 21.0 Å². The number of anilines is 3. The number of methoxy groups -OCH3 is 1. The molecule has 0 radical (unpaired) electrons. The van der Waals surface area contributed by atoms with E-state index in [0.717, 1.165) is 47.9 Å². The monoisotopic (exact) mass is 887 g/mol. The Bertz CT molecular complexity index is 2760. The predicted octanol–water partition coefficient (Wildman–Crippen LogP) is 7.80. The van der Waals surface area contributed by atoms with Crippen LogP contribution in [0.15, 0.2) is 91.0 Å². The first-order valence-corrected chi connectivity index (χ1v) is 23.3. The molecule has 1 N–H and O–H groups in total. The van der Waals surface area contributed by atoms with Gasteiger partial charge in [-0.05, 0) is 145 Å². The molecule has 326 valence electrons. The van der Waals surface area contributed by atoms with E-state index in [1.807, 2.05) is 78.6 Å². The van der Waals surface area contributed by atoms with Crippen LogP contribution in [0, 0.1) is 6.92 Å². The van der Waals surface area contributed by atoms with Gasteiger partial charge in [-0.25, -0.2) is 0 Å². The van der Waals surface area contributed by atoms with E-state index < -0.39 is 21.4 Å². The van der Waals surface area contributed by atoms with Crippen LogP contribution in [0.1, 0.15) is 78.9 Å². The zero-order valence-electron chi connectivity index (χ0n) is 35.4. The van der Waals surface area contributed by atoms with Gasteiger partial charge in [0.05, 0.1) is 20.3 Å². The number of para-hydroxylation sites is 2. The molecule has 0 aliphatic carbocycles. The number of fused-ring (bicyclic) bond motifs is 8. The number of nitrogens with zero attached hydrogens (tertiary/aromatic N) is 2. The third kappa shape index (κ3) is 8.15. The highest BCUT2D eigenvalue weighted by molar-refractivity contribution is 7.87. The number of amides is 3. The summed E-state index contributed by atoms with van der Waals surface area (Å²) in [5.74, 6) is 1.55. The zero-order valence-corrected chi connectivity index (χ0v) is 37.1. The number of aryl methyl sites for hydroxylation is 2. The maximum absolute atomic E-state index is 14.3. The molecular weight excluding hydrogens is 839 g/mol. The smallest absolute Gasteiger partial charge is 0.272 e. The van der Waals surface area contributed by atoms with Gasteiger partial charge < -0.3 is 29.3 Å². The predicted molar refractivity (Wildman–Crippen MR) is 244 cm³/mol. The van der Waals surface area contributed by atoms with Crippen molar-refractivity contribution in [3.05, 3.63) is 141 Å². The van der Waals surface area contributed by atoms with Crippen LogP contribution < -0.4 is 29.3 Å². The second kappa shape index (κ2) is 17.4. The summed E-state index contributed by atoms with van der Waals surface area (Å²) in [4.78, 5) is 44.8. The van der Waals surface area contributed by atoms with Crippen molar-refractivity contribution in [2.75, 3.05) is 35.1 Å². The molecule has 3 atom stereocenters. The Balaban J connectivity index is 0.980. The minimum absolute atomic E-state index is 0.0458. The summed E-state index contributed by atoms with van der Waals surface area (Å²) >= 11 is 4.26. The molecule has 5 aromatic rings. The van der Waals surface area contributed by atoms with Crippen LogP contribution >= 0.6 is 12.6 Å². The lowest BCUT2D eigenvalue weighted by atomic mass is 9.97. The first-order chi connectivity index (χ1) is 30.5. The van der Waals surface area contributed by atoms with E-state index in [-0.39, 0.29) is 43.4 Å². The lowest BCUT2D eigenvalue weighted by Gasteiger charge is -2.28. The number of hydrogen-bond acceptors (Lipinski definition) is 10. The first kappa shape index (κ1) is 42.5. The van der Waals surface area contributed by atoms with E-state index in [9.17, 15) is 22.8 Å². The zero-order chi connectivity index (χ0) is 44.0. The van der Waals surface area contributed by atoms with Crippen molar-refractivity contribution in [3.63, 3.8) is 0 Å². The van der Waals surface area contributed by atoms with E-state index in [0.29, 0.717) is 82.3 Å². The average molecular weight is 888 g/mol. The van der Waals surface area contributed by atoms with Gasteiger partial charge in [0.15, 0.2) is 11.5 Å². The number of benzene rings is 5. The molecule has 0 aromatic heterocycles. The summed E-state index contributed by atoms with van der Waals surface area (Å²) in [7, 11) is -1.34. The lowest BCUT2D eigenvalue weighted by Crippen LogP contribution is -2.47. The highest BCUT2D eigenvalue weighted by Crippen LogP contribution is 2.43. The van der Waals surface area contributed by atoms with Crippen molar-refractivity contribution in [3.8, 4) is 17.2 Å². The van der Waals surface area contributed by atoms with Crippen LogP contribution in [0.25, 0.3) is 0 Å². The standard InChI is InChI=1S/C49H49N3O9S2/c1-29-17-38-35(25-46(63(56,57)59-3)42-22-34-10-5-7-12-41(34)52(42)49(38)55)24-43(29)60-27-30-18-31(20-36(19-30)50-47(53)13-8-16-62)28-61-45-23-32-14-15-37-21-33-9-4-6-11-40(33)51(37)48(54)39(32)26-44(45)58-2/h4-7,9-12,17-20,23-24,26,37,42,46,62H,8,13-16,21-22,25,27-28H2,1-3H3,(H,50,53)/t37-,42+,46?/m1/s1. The average Bonchev–Trinajstić information content (AvgIpc) is 3.79. The van der Waals surface area contributed by atoms with E-state index in [4.69, 9.17) is 18.4 Å². The maximum Gasteiger partial charge on any atom is 0.272 e. The molecule has 0 fully saturated rings. The van der Waals surface area contributed by atoms with Crippen LogP contribution in [0.4, 0.5) is 17.1 Å². The van der Waals surface area contributed by atoms with Crippen molar-refractivity contribution in [2.45, 2.75) is 82.4 Å². The van der Waals surface area contributed by atoms with Crippen LogP contribution in [0.3, 0.4) is 0 Å². The molecule has 0 saturated carbocycles. The molecule has 4 aliphatic heterocycles. The molecule has 0 saturated heterocycles. The quantitative estimate of drug-likeness (QED) is 0.0896. The number of carbonyl (C=O) groups is 3. The molecule has 4 heterocycles. The second-order valence-electron chi connectivity index (χ2n) is 16.6. The number of rotatable bonds is 13.